The number of nitrogens with two attached hydrogens (primary N) is 2. The van der Waals surface area contributed by atoms with E-state index in [4.69, 9.17) is 50.8 Å². The van der Waals surface area contributed by atoms with Crippen LogP contribution in [0.1, 0.15) is 19.4 Å². The Labute approximate surface area is 273 Å². The summed E-state index contributed by atoms with van der Waals surface area (Å²) in [6, 6.07) is 0. The zero-order valence-electron chi connectivity index (χ0n) is 24.0. The largest absolute Gasteiger partial charge is 0.393 e. The van der Waals surface area contributed by atoms with Gasteiger partial charge in [0.05, 0.1) is 32.5 Å². The van der Waals surface area contributed by atoms with Crippen LogP contribution in [-0.2, 0) is 43.9 Å². The van der Waals surface area contributed by atoms with E-state index >= 15 is 0 Å². The van der Waals surface area contributed by atoms with Gasteiger partial charge in [-0.25, -0.2) is 24.5 Å². The van der Waals surface area contributed by atoms with Crippen molar-refractivity contribution in [3.63, 3.8) is 0 Å². The number of thiol groups is 1. The topological polar surface area (TPSA) is 292 Å². The number of imidazole rings is 2. The van der Waals surface area contributed by atoms with Gasteiger partial charge in [0, 0.05) is 5.92 Å². The van der Waals surface area contributed by atoms with Crippen molar-refractivity contribution in [1.29, 1.82) is 0 Å². The SMILES string of the molecule is C[C@H]1[C@H](n2cnc3c(N)ncnc32)O[C@]2(CO)COP(O)(=S)O[C@@H]3C(COP(=O)(S)O[C@@H]12)O[C@@H](n1cnc2c(=O)[nH]c(N)nc21)[C@@H]3O. The summed E-state index contributed by atoms with van der Waals surface area (Å²) in [7, 11) is 0. The molecule has 3 unspecified atom stereocenters. The maximum atomic E-state index is 13.7. The van der Waals surface area contributed by atoms with E-state index < -0.39 is 87.3 Å². The standard InChI is InChI=1S/C22H28N10O11P2S2/c1-8-14-22(3-33,41-19(8)31-6-27-10-15(23)25-5-26-16(10)31)4-39-45(37,47)42-13-9(2-38-44(36,46)43-14)40-20(12(13)34)32-7-28-11-17(32)29-21(24)30-18(11)35/h5-9,12-14,19-20,33-34H,2-4H2,1H3,(H,36,46)(H,37,47)(H2,23,25,26)(H3,24,29,30,35)/t8-,9?,12-,13-,14+,19-,20-,22-,44?,45?/m1/s1. The van der Waals surface area contributed by atoms with Crippen molar-refractivity contribution in [3.05, 3.63) is 29.3 Å². The summed E-state index contributed by atoms with van der Waals surface area (Å²) in [5.41, 5.74) is 9.71. The molecule has 10 atom stereocenters. The first-order valence-electron chi connectivity index (χ1n) is 13.8. The first kappa shape index (κ1) is 32.9. The molecule has 254 valence electrons. The van der Waals surface area contributed by atoms with Gasteiger partial charge in [-0.1, -0.05) is 19.2 Å². The van der Waals surface area contributed by atoms with Gasteiger partial charge in [-0.15, -0.1) is 0 Å². The molecule has 3 aliphatic heterocycles. The van der Waals surface area contributed by atoms with Gasteiger partial charge in [0.2, 0.25) is 5.95 Å². The molecule has 25 heteroatoms. The summed E-state index contributed by atoms with van der Waals surface area (Å²) in [4.78, 5) is 46.3. The van der Waals surface area contributed by atoms with E-state index in [1.54, 1.807) is 6.92 Å². The van der Waals surface area contributed by atoms with Gasteiger partial charge in [-0.2, -0.15) is 4.98 Å². The maximum Gasteiger partial charge on any atom is 0.386 e. The summed E-state index contributed by atoms with van der Waals surface area (Å²) >= 11 is 9.47. The number of H-pyrrole nitrogens is 1. The summed E-state index contributed by atoms with van der Waals surface area (Å²) in [5.74, 6) is -0.791. The molecule has 47 heavy (non-hydrogen) atoms. The van der Waals surface area contributed by atoms with Crippen LogP contribution in [0.2, 0.25) is 0 Å². The maximum absolute atomic E-state index is 13.7. The Bertz CT molecular complexity index is 2010. The molecule has 3 fully saturated rings. The second-order valence-corrected chi connectivity index (χ2v) is 16.8. The highest BCUT2D eigenvalue weighted by molar-refractivity contribution is 8.44. The van der Waals surface area contributed by atoms with Crippen molar-refractivity contribution in [2.24, 2.45) is 5.92 Å². The lowest BCUT2D eigenvalue weighted by Crippen LogP contribution is -2.49. The molecular formula is C22H28N10O11P2S2. The summed E-state index contributed by atoms with van der Waals surface area (Å²) in [6.07, 6.45) is -3.94. The zero-order valence-corrected chi connectivity index (χ0v) is 27.5. The lowest BCUT2D eigenvalue weighted by Gasteiger charge is -2.36. The molecule has 4 aromatic rings. The number of aromatic amines is 1. The molecule has 4 aromatic heterocycles. The van der Waals surface area contributed by atoms with Crippen LogP contribution in [0, 0.1) is 5.92 Å². The summed E-state index contributed by atoms with van der Waals surface area (Å²) in [6.45, 7) is -8.84. The number of nitrogen functional groups attached to an aromatic ring is 2. The number of aliphatic hydroxyl groups is 2. The molecule has 7 heterocycles. The minimum atomic E-state index is -4.31. The number of aromatic nitrogens is 8. The van der Waals surface area contributed by atoms with Crippen LogP contribution in [0.25, 0.3) is 22.3 Å². The lowest BCUT2D eigenvalue weighted by atomic mass is 9.92. The zero-order chi connectivity index (χ0) is 33.5. The van der Waals surface area contributed by atoms with E-state index in [-0.39, 0.29) is 22.9 Å². The molecule has 0 saturated carbocycles. The minimum Gasteiger partial charge on any atom is -0.393 e. The van der Waals surface area contributed by atoms with Crippen LogP contribution >= 0.6 is 25.8 Å². The Morgan fingerprint density at radius 1 is 1.13 bits per heavy atom. The van der Waals surface area contributed by atoms with Gasteiger partial charge in [-0.05, 0) is 11.8 Å². The Morgan fingerprint density at radius 2 is 1.85 bits per heavy atom. The quantitative estimate of drug-likeness (QED) is 0.102. The third-order valence-electron chi connectivity index (χ3n) is 8.14. The second-order valence-electron chi connectivity index (χ2n) is 11.1. The molecule has 0 radical (unpaired) electrons. The van der Waals surface area contributed by atoms with Gasteiger partial charge in [0.15, 0.2) is 28.9 Å². The third-order valence-corrected chi connectivity index (χ3v) is 11.3. The fourth-order valence-electron chi connectivity index (χ4n) is 5.95. The number of hydrogen-bond donors (Lipinski definition) is 7. The fraction of sp³-hybridized carbons (Fsp3) is 0.545. The van der Waals surface area contributed by atoms with Crippen LogP contribution in [0.5, 0.6) is 0 Å². The van der Waals surface area contributed by atoms with E-state index in [2.05, 4.69) is 42.2 Å². The first-order chi connectivity index (χ1) is 22.2. The van der Waals surface area contributed by atoms with E-state index in [1.165, 1.54) is 28.1 Å². The van der Waals surface area contributed by atoms with Crippen molar-refractivity contribution in [3.8, 4) is 0 Å². The summed E-state index contributed by atoms with van der Waals surface area (Å²) in [5, 5.41) is 22.0. The van der Waals surface area contributed by atoms with Crippen LogP contribution in [-0.4, -0.2) is 104 Å². The van der Waals surface area contributed by atoms with Crippen LogP contribution in [0.15, 0.2) is 23.8 Å². The first-order valence-corrected chi connectivity index (χ1v) is 19.1. The highest BCUT2D eigenvalue weighted by Crippen LogP contribution is 2.60. The van der Waals surface area contributed by atoms with Crippen LogP contribution < -0.4 is 17.0 Å². The van der Waals surface area contributed by atoms with Crippen LogP contribution in [0.3, 0.4) is 0 Å². The van der Waals surface area contributed by atoms with Crippen molar-refractivity contribution in [2.75, 3.05) is 31.3 Å². The number of nitrogens with one attached hydrogen (secondary N) is 1. The Hall–Kier alpha value is -2.63. The van der Waals surface area contributed by atoms with Gasteiger partial charge in [0.25, 0.3) is 5.56 Å². The number of anilines is 2. The number of rotatable bonds is 3. The Balaban J connectivity index is 1.21. The minimum absolute atomic E-state index is 0.0189. The highest BCUT2D eigenvalue weighted by atomic mass is 32.7. The van der Waals surface area contributed by atoms with E-state index in [0.717, 1.165) is 0 Å². The second kappa shape index (κ2) is 11.8. The molecule has 0 aliphatic carbocycles. The monoisotopic (exact) mass is 734 g/mol. The Kier molecular flexibility index (Phi) is 8.23. The highest BCUT2D eigenvalue weighted by Gasteiger charge is 2.59. The molecule has 0 bridgehead atoms. The fourth-order valence-corrected chi connectivity index (χ4v) is 8.99. The third kappa shape index (κ3) is 5.67. The average Bonchev–Trinajstić information content (AvgIpc) is 3.76. The molecule has 8 N–H and O–H groups in total. The lowest BCUT2D eigenvalue weighted by molar-refractivity contribution is -0.144. The Morgan fingerprint density at radius 3 is 2.60 bits per heavy atom. The van der Waals surface area contributed by atoms with Crippen LogP contribution in [0.4, 0.5) is 11.8 Å². The van der Waals surface area contributed by atoms with Gasteiger partial charge < -0.3 is 40.6 Å². The molecular weight excluding hydrogens is 706 g/mol. The number of aliphatic hydroxyl groups excluding tert-OH is 2. The number of hydrogen-bond acceptors (Lipinski definition) is 18. The van der Waals surface area contributed by atoms with E-state index in [0.29, 0.717) is 11.2 Å². The molecule has 21 nitrogen and oxygen atoms in total. The van der Waals surface area contributed by atoms with Crippen molar-refractivity contribution in [1.82, 2.24) is 39.0 Å². The molecule has 0 amide bonds. The predicted molar refractivity (Wildman–Crippen MR) is 166 cm³/mol. The van der Waals surface area contributed by atoms with Gasteiger partial charge in [-0.3, -0.25) is 32.5 Å². The van der Waals surface area contributed by atoms with Gasteiger partial charge >= 0.3 is 13.5 Å². The van der Waals surface area contributed by atoms with Crippen molar-refractivity contribution in [2.45, 2.75) is 49.4 Å². The normalized spacial score (nSPS) is 38.2. The van der Waals surface area contributed by atoms with E-state index in [1.807, 2.05) is 0 Å². The molecule has 0 aromatic carbocycles. The van der Waals surface area contributed by atoms with E-state index in [9.17, 15) is 24.5 Å². The van der Waals surface area contributed by atoms with Gasteiger partial charge in [0.1, 0.15) is 48.1 Å². The number of fused-ring (bicyclic) bond motifs is 4. The predicted octanol–water partition coefficient (Wildman–Crippen LogP) is -0.650. The molecule has 3 aliphatic rings. The summed E-state index contributed by atoms with van der Waals surface area (Å²) < 4.78 is 51.8. The van der Waals surface area contributed by atoms with Crippen molar-refractivity contribution < 1.29 is 47.2 Å². The number of nitrogens with zero attached hydrogens (tertiary/aromatic N) is 7. The molecule has 7 rings (SSSR count). The molecule has 3 saturated heterocycles. The average molecular weight is 735 g/mol. The number of ether oxygens (including phenoxy) is 2. The molecule has 0 spiro atoms. The smallest absolute Gasteiger partial charge is 0.386 e. The van der Waals surface area contributed by atoms with Crippen molar-refractivity contribution >= 4 is 71.7 Å².